The highest BCUT2D eigenvalue weighted by atomic mass is 32.2. The second-order valence-electron chi connectivity index (χ2n) is 6.38. The van der Waals surface area contributed by atoms with E-state index in [2.05, 4.69) is 9.47 Å². The normalized spacial score (nSPS) is 11.7. The van der Waals surface area contributed by atoms with Gasteiger partial charge in [-0.3, -0.25) is 4.55 Å². The smallest absolute Gasteiger partial charge is 0.339 e. The van der Waals surface area contributed by atoms with Crippen LogP contribution in [0.4, 0.5) is 0 Å². The number of hydrogen-bond acceptors (Lipinski definition) is 9. The van der Waals surface area contributed by atoms with Crippen LogP contribution >= 0.6 is 0 Å². The maximum atomic E-state index is 13.0. The number of fused-ring (bicyclic) bond motifs is 1. The van der Waals surface area contributed by atoms with Crippen LogP contribution < -0.4 is 4.18 Å². The maximum Gasteiger partial charge on any atom is 0.339 e. The standard InChI is InChI=1S/C20H16O10S2/c1-28-19(21)13-8-14(20(22)29-2)10-16(9-13)32(26,27)30-18-5-3-4-12-6-7-15(11-17(12)18)31(23,24)25/h3-11H,1-2H3,(H,23,24,25). The van der Waals surface area contributed by atoms with Crippen LogP contribution in [-0.4, -0.2) is 47.5 Å². The summed E-state index contributed by atoms with van der Waals surface area (Å²) in [7, 11) is -6.99. The number of carbonyl (C=O) groups is 2. The van der Waals surface area contributed by atoms with Crippen molar-refractivity contribution < 1.29 is 44.6 Å². The molecule has 3 rings (SSSR count). The van der Waals surface area contributed by atoms with Crippen LogP contribution in [-0.2, 0) is 29.7 Å². The van der Waals surface area contributed by atoms with Gasteiger partial charge in [-0.05, 0) is 41.8 Å². The van der Waals surface area contributed by atoms with E-state index in [1.165, 1.54) is 18.2 Å². The topological polar surface area (TPSA) is 150 Å². The summed E-state index contributed by atoms with van der Waals surface area (Å²) in [5.41, 5.74) is -0.465. The number of hydrogen-bond donors (Lipinski definition) is 1. The fourth-order valence-corrected chi connectivity index (χ4v) is 4.36. The summed E-state index contributed by atoms with van der Waals surface area (Å²) in [6.07, 6.45) is 0. The molecule has 0 bridgehead atoms. The van der Waals surface area contributed by atoms with Gasteiger partial charge < -0.3 is 13.7 Å². The lowest BCUT2D eigenvalue weighted by Gasteiger charge is -2.12. The van der Waals surface area contributed by atoms with Crippen LogP contribution in [0.3, 0.4) is 0 Å². The van der Waals surface area contributed by atoms with E-state index in [1.807, 2.05) is 0 Å². The van der Waals surface area contributed by atoms with Crippen LogP contribution in [0.5, 0.6) is 5.75 Å². The minimum atomic E-state index is -4.61. The largest absolute Gasteiger partial charge is 0.465 e. The molecule has 32 heavy (non-hydrogen) atoms. The predicted molar refractivity (Wildman–Crippen MR) is 111 cm³/mol. The second-order valence-corrected chi connectivity index (χ2v) is 9.35. The van der Waals surface area contributed by atoms with Gasteiger partial charge in [0.25, 0.3) is 10.1 Å². The lowest BCUT2D eigenvalue weighted by molar-refractivity contribution is 0.0598. The molecule has 0 heterocycles. The summed E-state index contributed by atoms with van der Waals surface area (Å²) in [6, 6.07) is 10.9. The zero-order valence-electron chi connectivity index (χ0n) is 16.6. The molecule has 3 aromatic rings. The van der Waals surface area contributed by atoms with Crippen LogP contribution in [0, 0.1) is 0 Å². The van der Waals surface area contributed by atoms with Gasteiger partial charge in [0.15, 0.2) is 5.75 Å². The number of rotatable bonds is 6. The molecule has 0 aromatic heterocycles. The molecule has 10 nitrogen and oxygen atoms in total. The number of methoxy groups -OCH3 is 2. The Bertz CT molecular complexity index is 1410. The molecule has 0 aliphatic carbocycles. The van der Waals surface area contributed by atoms with Gasteiger partial charge >= 0.3 is 22.1 Å². The van der Waals surface area contributed by atoms with Crippen molar-refractivity contribution in [1.29, 1.82) is 0 Å². The first kappa shape index (κ1) is 23.2. The first-order valence-electron chi connectivity index (χ1n) is 8.73. The number of esters is 2. The van der Waals surface area contributed by atoms with Crippen LogP contribution in [0.2, 0.25) is 0 Å². The summed E-state index contributed by atoms with van der Waals surface area (Å²) in [4.78, 5) is 22.9. The Kier molecular flexibility index (Phi) is 6.21. The molecular weight excluding hydrogens is 464 g/mol. The van der Waals surface area contributed by atoms with Crippen LogP contribution in [0.1, 0.15) is 20.7 Å². The first-order valence-corrected chi connectivity index (χ1v) is 11.6. The van der Waals surface area contributed by atoms with Crippen LogP contribution in [0.15, 0.2) is 64.4 Å². The van der Waals surface area contributed by atoms with Gasteiger partial charge in [0, 0.05) is 5.39 Å². The monoisotopic (exact) mass is 480 g/mol. The maximum absolute atomic E-state index is 13.0. The van der Waals surface area contributed by atoms with Gasteiger partial charge in [0.2, 0.25) is 0 Å². The molecule has 12 heteroatoms. The molecule has 0 saturated heterocycles. The third kappa shape index (κ3) is 4.72. The van der Waals surface area contributed by atoms with E-state index >= 15 is 0 Å². The van der Waals surface area contributed by atoms with Crippen molar-refractivity contribution >= 4 is 42.9 Å². The average Bonchev–Trinajstić information content (AvgIpc) is 2.76. The first-order chi connectivity index (χ1) is 15.0. The number of benzene rings is 3. The predicted octanol–water partition coefficient (Wildman–Crippen LogP) is 2.43. The van der Waals surface area contributed by atoms with Crippen molar-refractivity contribution in [2.45, 2.75) is 9.79 Å². The molecule has 3 aromatic carbocycles. The molecule has 0 fully saturated rings. The van der Waals surface area contributed by atoms with Gasteiger partial charge in [0.05, 0.1) is 30.2 Å². The minimum Gasteiger partial charge on any atom is -0.465 e. The summed E-state index contributed by atoms with van der Waals surface area (Å²) in [5, 5.41) is 0.521. The Hall–Kier alpha value is -3.48. The van der Waals surface area contributed by atoms with Crippen molar-refractivity contribution in [2.24, 2.45) is 0 Å². The molecule has 0 spiro atoms. The Morgan fingerprint density at radius 1 is 0.781 bits per heavy atom. The van der Waals surface area contributed by atoms with Gasteiger partial charge in [0.1, 0.15) is 4.90 Å². The zero-order chi connectivity index (χ0) is 23.7. The molecule has 1 N–H and O–H groups in total. The molecule has 0 amide bonds. The van der Waals surface area contributed by atoms with Crippen molar-refractivity contribution in [1.82, 2.24) is 0 Å². The van der Waals surface area contributed by atoms with Crippen molar-refractivity contribution in [3.63, 3.8) is 0 Å². The second kappa shape index (κ2) is 8.57. The molecule has 0 aliphatic rings. The van der Waals surface area contributed by atoms with Gasteiger partial charge in [-0.15, -0.1) is 0 Å². The molecular formula is C20H16O10S2. The van der Waals surface area contributed by atoms with E-state index in [-0.39, 0.29) is 22.3 Å². The SMILES string of the molecule is COC(=O)c1cc(C(=O)OC)cc(S(=O)(=O)Oc2cccc3ccc(S(=O)(=O)O)cc23)c1. The minimum absolute atomic E-state index is 0.0866. The summed E-state index contributed by atoms with van der Waals surface area (Å²) < 4.78 is 72.5. The summed E-state index contributed by atoms with van der Waals surface area (Å²) >= 11 is 0. The van der Waals surface area contributed by atoms with E-state index in [0.717, 1.165) is 44.6 Å². The number of carbonyl (C=O) groups excluding carboxylic acids is 2. The lowest BCUT2D eigenvalue weighted by atomic mass is 10.1. The third-order valence-electron chi connectivity index (χ3n) is 4.35. The fraction of sp³-hybridized carbons (Fsp3) is 0.100. The lowest BCUT2D eigenvalue weighted by Crippen LogP contribution is -2.14. The van der Waals surface area contributed by atoms with Crippen LogP contribution in [0.25, 0.3) is 10.8 Å². The Balaban J connectivity index is 2.15. The zero-order valence-corrected chi connectivity index (χ0v) is 18.3. The Morgan fingerprint density at radius 3 is 1.91 bits per heavy atom. The highest BCUT2D eigenvalue weighted by Crippen LogP contribution is 2.31. The highest BCUT2D eigenvalue weighted by molar-refractivity contribution is 7.87. The average molecular weight is 480 g/mol. The van der Waals surface area contributed by atoms with Crippen molar-refractivity contribution in [2.75, 3.05) is 14.2 Å². The molecule has 0 radical (unpaired) electrons. The summed E-state index contributed by atoms with van der Waals surface area (Å²) in [5.74, 6) is -2.03. The highest BCUT2D eigenvalue weighted by Gasteiger charge is 2.24. The van der Waals surface area contributed by atoms with Crippen molar-refractivity contribution in [3.05, 3.63) is 65.7 Å². The van der Waals surface area contributed by atoms with Gasteiger partial charge in [-0.25, -0.2) is 9.59 Å². The molecule has 168 valence electrons. The Labute approximate surface area is 183 Å². The van der Waals surface area contributed by atoms with E-state index in [0.29, 0.717) is 5.39 Å². The van der Waals surface area contributed by atoms with E-state index < -0.39 is 42.0 Å². The molecule has 0 saturated carbocycles. The van der Waals surface area contributed by atoms with Gasteiger partial charge in [-0.2, -0.15) is 16.8 Å². The summed E-state index contributed by atoms with van der Waals surface area (Å²) in [6.45, 7) is 0. The molecule has 0 aliphatic heterocycles. The van der Waals surface area contributed by atoms with Crippen molar-refractivity contribution in [3.8, 4) is 5.75 Å². The quantitative estimate of drug-likeness (QED) is 0.316. The van der Waals surface area contributed by atoms with E-state index in [4.69, 9.17) is 4.18 Å². The Morgan fingerprint density at radius 2 is 1.38 bits per heavy atom. The van der Waals surface area contributed by atoms with Gasteiger partial charge in [-0.1, -0.05) is 18.2 Å². The van der Waals surface area contributed by atoms with E-state index in [1.54, 1.807) is 6.07 Å². The molecule has 0 unspecified atom stereocenters. The number of ether oxygens (including phenoxy) is 2. The fourth-order valence-electron chi connectivity index (χ4n) is 2.84. The van der Waals surface area contributed by atoms with E-state index in [9.17, 15) is 31.0 Å². The third-order valence-corrected chi connectivity index (χ3v) is 6.41. The molecule has 0 atom stereocenters.